The molecule has 46 heavy (non-hydrogen) atoms. The number of rotatable bonds is 6. The fourth-order valence-corrected chi connectivity index (χ4v) is 9.56. The van der Waals surface area contributed by atoms with Crippen molar-refractivity contribution in [3.8, 4) is 0 Å². The normalized spacial score (nSPS) is 30.1. The number of hydrogen-bond acceptors (Lipinski definition) is 6. The Morgan fingerprint density at radius 1 is 0.913 bits per heavy atom. The first-order chi connectivity index (χ1) is 21.9. The van der Waals surface area contributed by atoms with Crippen LogP contribution in [-0.2, 0) is 9.53 Å². The summed E-state index contributed by atoms with van der Waals surface area (Å²) in [5.41, 5.74) is 2.44. The van der Waals surface area contributed by atoms with Crippen molar-refractivity contribution in [1.82, 2.24) is 20.5 Å². The number of carbonyl (C=O) groups is 3. The lowest BCUT2D eigenvalue weighted by atomic mass is 9.49. The number of aryl methyl sites for hydroxylation is 1. The van der Waals surface area contributed by atoms with E-state index in [1.165, 1.54) is 38.5 Å². The molecule has 3 heterocycles. The number of alkyl carbamates (subject to hydrolysis) is 1. The zero-order chi connectivity index (χ0) is 32.2. The van der Waals surface area contributed by atoms with Crippen LogP contribution in [0.2, 0.25) is 0 Å². The summed E-state index contributed by atoms with van der Waals surface area (Å²) < 4.78 is 5.36. The molecular formula is C36H50N6O4. The molecular weight excluding hydrogens is 580 g/mol. The molecule has 2 aromatic rings. The van der Waals surface area contributed by atoms with E-state index in [9.17, 15) is 14.4 Å². The highest BCUT2D eigenvalue weighted by atomic mass is 16.6. The average Bonchev–Trinajstić information content (AvgIpc) is 3.62. The molecule has 3 N–H and O–H groups in total. The highest BCUT2D eigenvalue weighted by molar-refractivity contribution is 6.03. The topological polar surface area (TPSA) is 116 Å². The molecule has 0 radical (unpaired) electrons. The lowest BCUT2D eigenvalue weighted by Crippen LogP contribution is -2.47. The molecule has 1 aromatic carbocycles. The Labute approximate surface area is 272 Å². The van der Waals surface area contributed by atoms with Crippen LogP contribution in [0.15, 0.2) is 24.3 Å². The molecule has 10 nitrogen and oxygen atoms in total. The first-order valence-electron chi connectivity index (χ1n) is 17.4. The summed E-state index contributed by atoms with van der Waals surface area (Å²) in [6, 6.07) is 8.00. The Bertz CT molecular complexity index is 1480. The van der Waals surface area contributed by atoms with Gasteiger partial charge < -0.3 is 30.5 Å². The van der Waals surface area contributed by atoms with E-state index in [-0.39, 0.29) is 29.4 Å². The SMILES string of the molecule is Cc1ccc2nc(N3CCC(NC(=O)N4CC[C@H](NC(=O)OC(C)(C)C)C4)C3)ccc2c1NC(=O)CC12CC3CC(CC(C3)C1)C2. The van der Waals surface area contributed by atoms with Gasteiger partial charge in [-0.15, -0.1) is 0 Å². The van der Waals surface area contributed by atoms with Crippen LogP contribution in [0.3, 0.4) is 0 Å². The quantitative estimate of drug-likeness (QED) is 0.362. The molecule has 4 bridgehead atoms. The van der Waals surface area contributed by atoms with E-state index >= 15 is 0 Å². The van der Waals surface area contributed by atoms with Gasteiger partial charge in [0.05, 0.1) is 17.2 Å². The molecule has 1 aromatic heterocycles. The number of anilines is 2. The number of pyridine rings is 1. The van der Waals surface area contributed by atoms with Gasteiger partial charge in [-0.3, -0.25) is 4.79 Å². The molecule has 4 aliphatic carbocycles. The van der Waals surface area contributed by atoms with Crippen molar-refractivity contribution < 1.29 is 19.1 Å². The Morgan fingerprint density at radius 3 is 2.28 bits per heavy atom. The van der Waals surface area contributed by atoms with Crippen LogP contribution in [0.25, 0.3) is 10.9 Å². The molecule has 2 aliphatic heterocycles. The second-order valence-electron chi connectivity index (χ2n) is 16.1. The number of fused-ring (bicyclic) bond motifs is 1. The molecule has 10 heteroatoms. The van der Waals surface area contributed by atoms with Crippen molar-refractivity contribution in [2.24, 2.45) is 23.2 Å². The third-order valence-electron chi connectivity index (χ3n) is 11.1. The Morgan fingerprint density at radius 2 is 1.59 bits per heavy atom. The van der Waals surface area contributed by atoms with E-state index in [0.717, 1.165) is 58.7 Å². The van der Waals surface area contributed by atoms with Crippen LogP contribution in [0.5, 0.6) is 0 Å². The van der Waals surface area contributed by atoms with Gasteiger partial charge in [0.2, 0.25) is 5.91 Å². The van der Waals surface area contributed by atoms with Crippen molar-refractivity contribution in [1.29, 1.82) is 0 Å². The van der Waals surface area contributed by atoms with Gasteiger partial charge in [0.15, 0.2) is 0 Å². The summed E-state index contributed by atoms with van der Waals surface area (Å²) >= 11 is 0. The van der Waals surface area contributed by atoms with Crippen LogP contribution in [0.1, 0.15) is 84.1 Å². The maximum Gasteiger partial charge on any atom is 0.407 e. The number of urea groups is 1. The second kappa shape index (κ2) is 11.9. The van der Waals surface area contributed by atoms with Crippen molar-refractivity contribution in [2.45, 2.75) is 103 Å². The predicted octanol–water partition coefficient (Wildman–Crippen LogP) is 5.98. The largest absolute Gasteiger partial charge is 0.444 e. The zero-order valence-corrected chi connectivity index (χ0v) is 27.9. The maximum atomic E-state index is 13.5. The fourth-order valence-electron chi connectivity index (χ4n) is 9.56. The Balaban J connectivity index is 0.943. The minimum atomic E-state index is -0.557. The van der Waals surface area contributed by atoms with Crippen LogP contribution in [0, 0.1) is 30.1 Å². The number of hydrogen-bond donors (Lipinski definition) is 3. The van der Waals surface area contributed by atoms with Crippen molar-refractivity contribution >= 4 is 40.4 Å². The molecule has 2 atom stereocenters. The lowest BCUT2D eigenvalue weighted by Gasteiger charge is -2.56. The molecule has 4 amide bonds. The molecule has 8 rings (SSSR count). The summed E-state index contributed by atoms with van der Waals surface area (Å²) in [4.78, 5) is 47.7. The van der Waals surface area contributed by atoms with Gasteiger partial charge in [-0.05, 0) is 126 Å². The van der Waals surface area contributed by atoms with Crippen LogP contribution in [-0.4, -0.2) is 71.8 Å². The minimum Gasteiger partial charge on any atom is -0.444 e. The van der Waals surface area contributed by atoms with Crippen LogP contribution in [0.4, 0.5) is 21.1 Å². The molecule has 248 valence electrons. The van der Waals surface area contributed by atoms with Crippen LogP contribution < -0.4 is 20.9 Å². The second-order valence-corrected chi connectivity index (χ2v) is 16.1. The van der Waals surface area contributed by atoms with Gasteiger partial charge in [-0.2, -0.15) is 0 Å². The molecule has 0 spiro atoms. The molecule has 6 fully saturated rings. The van der Waals surface area contributed by atoms with Gasteiger partial charge in [-0.25, -0.2) is 14.6 Å². The van der Waals surface area contributed by atoms with Gasteiger partial charge in [-0.1, -0.05) is 6.07 Å². The lowest BCUT2D eigenvalue weighted by molar-refractivity contribution is -0.124. The Kier molecular flexibility index (Phi) is 8.04. The number of benzene rings is 1. The predicted molar refractivity (Wildman–Crippen MR) is 179 cm³/mol. The van der Waals surface area contributed by atoms with Gasteiger partial charge in [0, 0.05) is 44.0 Å². The van der Waals surface area contributed by atoms with Gasteiger partial charge in [0.1, 0.15) is 11.4 Å². The van der Waals surface area contributed by atoms with Crippen molar-refractivity contribution in [3.05, 3.63) is 29.8 Å². The first kappa shape index (κ1) is 31.1. The number of amides is 4. The van der Waals surface area contributed by atoms with E-state index in [1.54, 1.807) is 4.90 Å². The monoisotopic (exact) mass is 630 g/mol. The minimum absolute atomic E-state index is 0.0142. The van der Waals surface area contributed by atoms with E-state index in [4.69, 9.17) is 9.72 Å². The molecule has 2 saturated heterocycles. The third-order valence-corrected chi connectivity index (χ3v) is 11.1. The Hall–Kier alpha value is -3.56. The average molecular weight is 631 g/mol. The summed E-state index contributed by atoms with van der Waals surface area (Å²) in [6.07, 6.45) is 9.56. The van der Waals surface area contributed by atoms with Crippen molar-refractivity contribution in [3.63, 3.8) is 0 Å². The van der Waals surface area contributed by atoms with E-state index in [1.807, 2.05) is 39.0 Å². The van der Waals surface area contributed by atoms with Gasteiger partial charge in [0.25, 0.3) is 0 Å². The summed E-state index contributed by atoms with van der Waals surface area (Å²) in [6.45, 7) is 10.1. The van der Waals surface area contributed by atoms with E-state index in [0.29, 0.717) is 32.5 Å². The maximum absolute atomic E-state index is 13.5. The number of ether oxygens (including phenoxy) is 1. The molecule has 1 unspecified atom stereocenters. The van der Waals surface area contributed by atoms with E-state index < -0.39 is 11.7 Å². The molecule has 4 saturated carbocycles. The first-order valence-corrected chi connectivity index (χ1v) is 17.4. The number of aromatic nitrogens is 1. The fraction of sp³-hybridized carbons (Fsp3) is 0.667. The standard InChI is InChI=1S/C36H50N6O4/c1-22-5-7-29-28(32(22)40-31(43)19-36-16-23-13-24(17-36)15-25(14-23)18-36)6-8-30(39-29)41-11-9-26(20-41)37-33(44)42-12-10-27(21-42)38-34(45)46-35(2,3)4/h5-8,23-27H,9-21H2,1-4H3,(H,37,44)(H,38,45)(H,40,43)/t23?,24?,25?,26?,27-,36?/m0/s1. The summed E-state index contributed by atoms with van der Waals surface area (Å²) in [5, 5.41) is 10.4. The number of likely N-dealkylation sites (tertiary alicyclic amines) is 1. The summed E-state index contributed by atoms with van der Waals surface area (Å²) in [5.74, 6) is 3.52. The summed E-state index contributed by atoms with van der Waals surface area (Å²) in [7, 11) is 0. The van der Waals surface area contributed by atoms with Gasteiger partial charge >= 0.3 is 12.1 Å². The number of nitrogens with one attached hydrogen (secondary N) is 3. The molecule has 6 aliphatic rings. The van der Waals surface area contributed by atoms with E-state index in [2.05, 4.69) is 33.8 Å². The van der Waals surface area contributed by atoms with Crippen LogP contribution >= 0.6 is 0 Å². The number of carbonyl (C=O) groups excluding carboxylic acids is 3. The third kappa shape index (κ3) is 6.63. The highest BCUT2D eigenvalue weighted by Crippen LogP contribution is 2.61. The smallest absolute Gasteiger partial charge is 0.407 e. The highest BCUT2D eigenvalue weighted by Gasteiger charge is 2.51. The van der Waals surface area contributed by atoms with Crippen molar-refractivity contribution in [2.75, 3.05) is 36.4 Å². The zero-order valence-electron chi connectivity index (χ0n) is 27.9. The number of nitrogens with zero attached hydrogens (tertiary/aromatic N) is 3.